The van der Waals surface area contributed by atoms with Gasteiger partial charge >= 0.3 is 5.97 Å². The summed E-state index contributed by atoms with van der Waals surface area (Å²) in [5.41, 5.74) is 2.76. The Balaban J connectivity index is 1.71. The minimum atomic E-state index is -0.315. The molecule has 0 aliphatic carbocycles. The normalized spacial score (nSPS) is 10.8. The maximum Gasteiger partial charge on any atom is 0.311 e. The molecule has 0 radical (unpaired) electrons. The highest BCUT2D eigenvalue weighted by atomic mass is 16.6. The summed E-state index contributed by atoms with van der Waals surface area (Å²) >= 11 is 0. The molecule has 0 bridgehead atoms. The molecule has 7 heteroatoms. The predicted octanol–water partition coefficient (Wildman–Crippen LogP) is 2.68. The highest BCUT2D eigenvalue weighted by Gasteiger charge is 2.14. The number of carbonyl (C=O) groups is 1. The molecule has 0 saturated heterocycles. The van der Waals surface area contributed by atoms with Gasteiger partial charge in [0.15, 0.2) is 11.5 Å². The van der Waals surface area contributed by atoms with Gasteiger partial charge in [-0.1, -0.05) is 12.1 Å². The molecule has 1 aromatic carbocycles. The molecule has 0 fully saturated rings. The molecule has 0 spiro atoms. The molecule has 0 amide bonds. The minimum absolute atomic E-state index is 0.240. The summed E-state index contributed by atoms with van der Waals surface area (Å²) in [4.78, 5) is 20.8. The molecule has 0 unspecified atom stereocenters. The van der Waals surface area contributed by atoms with Crippen LogP contribution in [0.4, 0.5) is 0 Å². The van der Waals surface area contributed by atoms with Crippen LogP contribution in [-0.2, 0) is 11.2 Å². The van der Waals surface area contributed by atoms with Gasteiger partial charge in [-0.15, -0.1) is 0 Å². The van der Waals surface area contributed by atoms with Crippen LogP contribution in [0.2, 0.25) is 0 Å². The number of aromatic nitrogens is 4. The number of hydrogen-bond donors (Lipinski definition) is 0. The number of nitrogens with zero attached hydrogens (tertiary/aromatic N) is 4. The molecular formula is C18H20N4O3. The van der Waals surface area contributed by atoms with Gasteiger partial charge in [0.2, 0.25) is 0 Å². The molecule has 130 valence electrons. The van der Waals surface area contributed by atoms with Crippen LogP contribution in [0.5, 0.6) is 11.5 Å². The van der Waals surface area contributed by atoms with Crippen molar-refractivity contribution in [3.63, 3.8) is 0 Å². The second-order valence-corrected chi connectivity index (χ2v) is 5.59. The lowest BCUT2D eigenvalue weighted by molar-refractivity contribution is -0.134. The molecule has 0 atom stereocenters. The van der Waals surface area contributed by atoms with Crippen molar-refractivity contribution in [3.05, 3.63) is 47.5 Å². The van der Waals surface area contributed by atoms with Crippen LogP contribution in [0.3, 0.4) is 0 Å². The molecule has 0 N–H and O–H groups in total. The van der Waals surface area contributed by atoms with E-state index < -0.39 is 0 Å². The zero-order valence-electron chi connectivity index (χ0n) is 14.5. The van der Waals surface area contributed by atoms with Gasteiger partial charge in [0.1, 0.15) is 6.33 Å². The lowest BCUT2D eigenvalue weighted by Gasteiger charge is -2.12. The van der Waals surface area contributed by atoms with Gasteiger partial charge in [0.25, 0.3) is 5.78 Å². The van der Waals surface area contributed by atoms with Gasteiger partial charge in [0, 0.05) is 11.4 Å². The molecule has 2 aromatic heterocycles. The molecule has 3 aromatic rings. The van der Waals surface area contributed by atoms with Gasteiger partial charge < -0.3 is 9.47 Å². The Hall–Kier alpha value is -2.96. The summed E-state index contributed by atoms with van der Waals surface area (Å²) in [7, 11) is 0. The van der Waals surface area contributed by atoms with Crippen molar-refractivity contribution in [3.8, 4) is 11.5 Å². The Morgan fingerprint density at radius 3 is 2.72 bits per heavy atom. The highest BCUT2D eigenvalue weighted by Crippen LogP contribution is 2.27. The first-order valence-electron chi connectivity index (χ1n) is 8.18. The minimum Gasteiger partial charge on any atom is -0.490 e. The van der Waals surface area contributed by atoms with E-state index in [-0.39, 0.29) is 12.4 Å². The van der Waals surface area contributed by atoms with Crippen molar-refractivity contribution in [2.75, 3.05) is 6.61 Å². The third-order valence-electron chi connectivity index (χ3n) is 3.94. The fourth-order valence-corrected chi connectivity index (χ4v) is 2.73. The summed E-state index contributed by atoms with van der Waals surface area (Å²) in [5, 5.41) is 4.16. The zero-order chi connectivity index (χ0) is 17.8. The number of esters is 1. The first-order valence-corrected chi connectivity index (χ1v) is 8.18. The Bertz CT molecular complexity index is 904. The lowest BCUT2D eigenvalue weighted by atomic mass is 10.1. The zero-order valence-corrected chi connectivity index (χ0v) is 14.5. The third-order valence-corrected chi connectivity index (χ3v) is 3.94. The van der Waals surface area contributed by atoms with Gasteiger partial charge in [-0.05, 0) is 44.9 Å². The summed E-state index contributed by atoms with van der Waals surface area (Å²) in [6, 6.07) is 7.15. The van der Waals surface area contributed by atoms with Crippen molar-refractivity contribution in [1.82, 2.24) is 19.6 Å². The Morgan fingerprint density at radius 1 is 1.20 bits per heavy atom. The molecule has 25 heavy (non-hydrogen) atoms. The van der Waals surface area contributed by atoms with Crippen LogP contribution < -0.4 is 9.47 Å². The molecule has 2 heterocycles. The van der Waals surface area contributed by atoms with Crippen molar-refractivity contribution >= 4 is 11.7 Å². The smallest absolute Gasteiger partial charge is 0.311 e. The van der Waals surface area contributed by atoms with Crippen molar-refractivity contribution in [2.24, 2.45) is 0 Å². The molecular weight excluding hydrogens is 320 g/mol. The van der Waals surface area contributed by atoms with Gasteiger partial charge in [-0.3, -0.25) is 4.79 Å². The van der Waals surface area contributed by atoms with Crippen LogP contribution in [0, 0.1) is 13.8 Å². The molecule has 7 nitrogen and oxygen atoms in total. The lowest BCUT2D eigenvalue weighted by Crippen LogP contribution is -2.12. The van der Waals surface area contributed by atoms with Crippen LogP contribution in [0.1, 0.15) is 30.3 Å². The molecule has 0 saturated carbocycles. The first kappa shape index (κ1) is 16.9. The Morgan fingerprint density at radius 2 is 1.96 bits per heavy atom. The number of fused-ring (bicyclic) bond motifs is 1. The topological polar surface area (TPSA) is 78.6 Å². The second kappa shape index (κ2) is 7.29. The van der Waals surface area contributed by atoms with Crippen LogP contribution in [0.25, 0.3) is 5.78 Å². The van der Waals surface area contributed by atoms with Crippen molar-refractivity contribution in [1.29, 1.82) is 0 Å². The predicted molar refractivity (Wildman–Crippen MR) is 91.8 cm³/mol. The fourth-order valence-electron chi connectivity index (χ4n) is 2.73. The standard InChI is InChI=1S/C18H20N4O3/c1-4-24-15-7-5-6-8-16(15)25-17(23)10-9-14-12(2)21-18-19-11-20-22(18)13(14)3/h5-8,11H,4,9-10H2,1-3H3. The van der Waals surface area contributed by atoms with E-state index in [9.17, 15) is 4.79 Å². The quantitative estimate of drug-likeness (QED) is 0.507. The maximum atomic E-state index is 12.2. The maximum absolute atomic E-state index is 12.2. The van der Waals surface area contributed by atoms with E-state index in [1.165, 1.54) is 6.33 Å². The van der Waals surface area contributed by atoms with Gasteiger partial charge in [-0.2, -0.15) is 10.1 Å². The summed E-state index contributed by atoms with van der Waals surface area (Å²) in [5.74, 6) is 1.25. The van der Waals surface area contributed by atoms with E-state index in [1.54, 1.807) is 16.6 Å². The van der Waals surface area contributed by atoms with Gasteiger partial charge in [0.05, 0.1) is 13.0 Å². The summed E-state index contributed by atoms with van der Waals surface area (Å²) in [6.07, 6.45) is 2.23. The first-order chi connectivity index (χ1) is 12.1. The van der Waals surface area contributed by atoms with E-state index >= 15 is 0 Å². The SMILES string of the molecule is CCOc1ccccc1OC(=O)CCc1c(C)nc2ncnn2c1C. The number of rotatable bonds is 6. The van der Waals surface area contributed by atoms with E-state index in [4.69, 9.17) is 9.47 Å². The number of hydrogen-bond acceptors (Lipinski definition) is 6. The van der Waals surface area contributed by atoms with E-state index in [0.717, 1.165) is 17.0 Å². The fraction of sp³-hybridized carbons (Fsp3) is 0.333. The largest absolute Gasteiger partial charge is 0.490 e. The molecule has 3 rings (SSSR count). The van der Waals surface area contributed by atoms with E-state index in [1.807, 2.05) is 32.9 Å². The molecule has 0 aliphatic heterocycles. The average molecular weight is 340 g/mol. The van der Waals surface area contributed by atoms with Crippen LogP contribution in [0.15, 0.2) is 30.6 Å². The number of aryl methyl sites for hydroxylation is 2. The van der Waals surface area contributed by atoms with Crippen LogP contribution >= 0.6 is 0 Å². The average Bonchev–Trinajstić information content (AvgIpc) is 3.05. The van der Waals surface area contributed by atoms with Crippen molar-refractivity contribution < 1.29 is 14.3 Å². The number of para-hydroxylation sites is 2. The second-order valence-electron chi connectivity index (χ2n) is 5.59. The summed E-state index contributed by atoms with van der Waals surface area (Å²) < 4.78 is 12.6. The number of ether oxygens (including phenoxy) is 2. The number of carbonyl (C=O) groups excluding carboxylic acids is 1. The van der Waals surface area contributed by atoms with E-state index in [0.29, 0.717) is 30.3 Å². The summed E-state index contributed by atoms with van der Waals surface area (Å²) in [6.45, 7) is 6.25. The van der Waals surface area contributed by atoms with Crippen molar-refractivity contribution in [2.45, 2.75) is 33.6 Å². The Kier molecular flexibility index (Phi) is 4.92. The highest BCUT2D eigenvalue weighted by molar-refractivity contribution is 5.73. The third kappa shape index (κ3) is 3.60. The van der Waals surface area contributed by atoms with E-state index in [2.05, 4.69) is 15.1 Å². The Labute approximate surface area is 145 Å². The van der Waals surface area contributed by atoms with Gasteiger partial charge in [-0.25, -0.2) is 9.50 Å². The van der Waals surface area contributed by atoms with Crippen LogP contribution in [-0.4, -0.2) is 32.2 Å². The number of benzene rings is 1. The monoisotopic (exact) mass is 340 g/mol. The molecule has 0 aliphatic rings.